The van der Waals surface area contributed by atoms with Crippen LogP contribution in [0.4, 0.5) is 18.9 Å². The normalized spacial score (nSPS) is 13.4. The molecule has 154 valence electrons. The number of pyridine rings is 1. The van der Waals surface area contributed by atoms with Crippen molar-refractivity contribution < 1.29 is 26.4 Å². The number of anilines is 1. The molecule has 0 saturated heterocycles. The van der Waals surface area contributed by atoms with Crippen molar-refractivity contribution in [3.05, 3.63) is 39.6 Å². The van der Waals surface area contributed by atoms with Crippen LogP contribution >= 0.6 is 27.5 Å². The van der Waals surface area contributed by atoms with Gasteiger partial charge in [0.2, 0.25) is 10.0 Å². The van der Waals surface area contributed by atoms with Gasteiger partial charge in [0.15, 0.2) is 5.82 Å². The standard InChI is InChI=1S/C15H15BrClF3N4O3S/c1-7(15(2,19)20)23-28(26,27)9-6-24(3)12(10(9)17)14(25)22-8-4-5-21-13(16)11(8)18/h4-7,23H,1-3H3,(H,21,22,25). The molecule has 7 nitrogen and oxygen atoms in total. The Morgan fingerprint density at radius 1 is 1.43 bits per heavy atom. The number of nitrogens with zero attached hydrogens (tertiary/aromatic N) is 2. The van der Waals surface area contributed by atoms with Crippen molar-refractivity contribution >= 4 is 49.1 Å². The van der Waals surface area contributed by atoms with Gasteiger partial charge in [-0.15, -0.1) is 0 Å². The smallest absolute Gasteiger partial charge is 0.273 e. The van der Waals surface area contributed by atoms with Crippen molar-refractivity contribution in [3.63, 3.8) is 0 Å². The van der Waals surface area contributed by atoms with Crippen molar-refractivity contribution in [1.29, 1.82) is 0 Å². The second-order valence-electron chi connectivity index (χ2n) is 5.98. The summed E-state index contributed by atoms with van der Waals surface area (Å²) in [5.74, 6) is -5.06. The van der Waals surface area contributed by atoms with E-state index in [1.54, 1.807) is 0 Å². The summed E-state index contributed by atoms with van der Waals surface area (Å²) in [5.41, 5.74) is -0.517. The van der Waals surface area contributed by atoms with E-state index in [2.05, 4.69) is 26.2 Å². The van der Waals surface area contributed by atoms with Crippen LogP contribution in [-0.2, 0) is 17.1 Å². The molecule has 0 aliphatic heterocycles. The Hall–Kier alpha value is -1.63. The third kappa shape index (κ3) is 4.67. The third-order valence-electron chi connectivity index (χ3n) is 3.78. The van der Waals surface area contributed by atoms with E-state index in [1.165, 1.54) is 19.3 Å². The maximum absolute atomic E-state index is 14.0. The van der Waals surface area contributed by atoms with Crippen LogP contribution in [-0.4, -0.2) is 35.8 Å². The number of amides is 1. The van der Waals surface area contributed by atoms with Crippen LogP contribution in [0, 0.1) is 5.82 Å². The predicted octanol–water partition coefficient (Wildman–Crippen LogP) is 3.55. The van der Waals surface area contributed by atoms with E-state index in [0.29, 0.717) is 6.92 Å². The van der Waals surface area contributed by atoms with Gasteiger partial charge in [-0.1, -0.05) is 11.6 Å². The molecule has 28 heavy (non-hydrogen) atoms. The highest BCUT2D eigenvalue weighted by Crippen LogP contribution is 2.30. The fourth-order valence-electron chi connectivity index (χ4n) is 2.11. The first-order chi connectivity index (χ1) is 12.8. The topological polar surface area (TPSA) is 93.1 Å². The van der Waals surface area contributed by atoms with Gasteiger partial charge in [-0.25, -0.2) is 31.3 Å². The lowest BCUT2D eigenvalue weighted by atomic mass is 10.2. The van der Waals surface area contributed by atoms with Crippen molar-refractivity contribution in [2.45, 2.75) is 30.7 Å². The van der Waals surface area contributed by atoms with Gasteiger partial charge in [0.25, 0.3) is 11.8 Å². The monoisotopic (exact) mass is 502 g/mol. The van der Waals surface area contributed by atoms with Gasteiger partial charge < -0.3 is 9.88 Å². The summed E-state index contributed by atoms with van der Waals surface area (Å²) < 4.78 is 68.2. The molecule has 0 aliphatic rings. The molecule has 2 aromatic heterocycles. The minimum atomic E-state index is -4.45. The molecular formula is C15H15BrClF3N4O3S. The third-order valence-corrected chi connectivity index (χ3v) is 6.38. The Bertz CT molecular complexity index is 1020. The molecule has 1 unspecified atom stereocenters. The highest BCUT2D eigenvalue weighted by Gasteiger charge is 2.36. The van der Waals surface area contributed by atoms with Gasteiger partial charge in [-0.05, 0) is 28.9 Å². The maximum Gasteiger partial charge on any atom is 0.273 e. The first kappa shape index (κ1) is 22.7. The highest BCUT2D eigenvalue weighted by atomic mass is 79.9. The van der Waals surface area contributed by atoms with Gasteiger partial charge in [0.1, 0.15) is 15.2 Å². The number of sulfonamides is 1. The van der Waals surface area contributed by atoms with Gasteiger partial charge in [0.05, 0.1) is 16.8 Å². The molecule has 0 bridgehead atoms. The molecule has 0 fully saturated rings. The predicted molar refractivity (Wildman–Crippen MR) is 101 cm³/mol. The largest absolute Gasteiger partial charge is 0.344 e. The lowest BCUT2D eigenvalue weighted by Gasteiger charge is -2.20. The molecule has 2 rings (SSSR count). The Kier molecular flexibility index (Phi) is 6.48. The van der Waals surface area contributed by atoms with Crippen molar-refractivity contribution in [2.24, 2.45) is 7.05 Å². The molecule has 0 aromatic carbocycles. The second-order valence-corrected chi connectivity index (χ2v) is 8.80. The van der Waals surface area contributed by atoms with Crippen LogP contribution in [0.2, 0.25) is 5.02 Å². The number of hydrogen-bond donors (Lipinski definition) is 2. The number of nitrogens with one attached hydrogen (secondary N) is 2. The van der Waals surface area contributed by atoms with Crippen LogP contribution in [0.15, 0.2) is 28.0 Å². The Labute approximate surface area is 172 Å². The SMILES string of the molecule is CC(NS(=O)(=O)c1cn(C)c(C(=O)Nc2ccnc(Br)c2F)c1Cl)C(C)(F)F. The number of carbonyl (C=O) groups excluding carboxylic acids is 1. The van der Waals surface area contributed by atoms with Gasteiger partial charge in [0, 0.05) is 26.4 Å². The van der Waals surface area contributed by atoms with Gasteiger partial charge >= 0.3 is 0 Å². The maximum atomic E-state index is 14.0. The van der Waals surface area contributed by atoms with Crippen LogP contribution in [0.25, 0.3) is 0 Å². The fraction of sp³-hybridized carbons (Fsp3) is 0.333. The van der Waals surface area contributed by atoms with E-state index in [4.69, 9.17) is 11.6 Å². The molecule has 1 amide bonds. The Balaban J connectivity index is 2.38. The van der Waals surface area contributed by atoms with Crippen LogP contribution < -0.4 is 10.0 Å². The molecule has 0 spiro atoms. The zero-order chi connectivity index (χ0) is 21.4. The highest BCUT2D eigenvalue weighted by molar-refractivity contribution is 9.10. The minimum absolute atomic E-state index is 0.134. The zero-order valence-corrected chi connectivity index (χ0v) is 17.9. The van der Waals surface area contributed by atoms with Gasteiger partial charge in [-0.3, -0.25) is 4.79 Å². The molecule has 2 aromatic rings. The first-order valence-corrected chi connectivity index (χ1v) is 10.3. The summed E-state index contributed by atoms with van der Waals surface area (Å²) in [4.78, 5) is 15.6. The lowest BCUT2D eigenvalue weighted by Crippen LogP contribution is -2.43. The van der Waals surface area contributed by atoms with Crippen LogP contribution in [0.1, 0.15) is 24.3 Å². The summed E-state index contributed by atoms with van der Waals surface area (Å²) in [6, 6.07) is -0.520. The average Bonchev–Trinajstić information content (AvgIpc) is 2.86. The molecule has 2 heterocycles. The van der Waals surface area contributed by atoms with E-state index in [9.17, 15) is 26.4 Å². The van der Waals surface area contributed by atoms with Crippen molar-refractivity contribution in [3.8, 4) is 0 Å². The van der Waals surface area contributed by atoms with E-state index in [0.717, 1.165) is 17.7 Å². The lowest BCUT2D eigenvalue weighted by molar-refractivity contribution is -0.00488. The summed E-state index contributed by atoms with van der Waals surface area (Å²) in [6.45, 7) is 1.55. The first-order valence-electron chi connectivity index (χ1n) is 7.62. The van der Waals surface area contributed by atoms with Gasteiger partial charge in [-0.2, -0.15) is 0 Å². The molecular weight excluding hydrogens is 489 g/mol. The summed E-state index contributed by atoms with van der Waals surface area (Å²) in [6.07, 6.45) is 2.24. The number of aromatic nitrogens is 2. The molecule has 0 aliphatic carbocycles. The zero-order valence-electron chi connectivity index (χ0n) is 14.7. The number of carbonyl (C=O) groups is 1. The van der Waals surface area contributed by atoms with E-state index in [-0.39, 0.29) is 16.0 Å². The summed E-state index contributed by atoms with van der Waals surface area (Å²) >= 11 is 8.91. The van der Waals surface area contributed by atoms with Crippen molar-refractivity contribution in [1.82, 2.24) is 14.3 Å². The number of halogens is 5. The number of alkyl halides is 2. The van der Waals surface area contributed by atoms with Crippen LogP contribution in [0.3, 0.4) is 0 Å². The molecule has 0 saturated carbocycles. The molecule has 0 radical (unpaired) electrons. The second kappa shape index (κ2) is 8.01. The Morgan fingerprint density at radius 3 is 2.61 bits per heavy atom. The number of aryl methyl sites for hydroxylation is 1. The summed E-state index contributed by atoms with van der Waals surface area (Å²) in [7, 11) is -3.12. The number of hydrogen-bond acceptors (Lipinski definition) is 4. The van der Waals surface area contributed by atoms with E-state index >= 15 is 0 Å². The van der Waals surface area contributed by atoms with E-state index < -0.39 is 43.6 Å². The fourth-order valence-corrected chi connectivity index (χ4v) is 4.45. The Morgan fingerprint density at radius 2 is 2.04 bits per heavy atom. The van der Waals surface area contributed by atoms with Crippen molar-refractivity contribution in [2.75, 3.05) is 5.32 Å². The van der Waals surface area contributed by atoms with E-state index in [1.807, 2.05) is 4.72 Å². The molecule has 1 atom stereocenters. The quantitative estimate of drug-likeness (QED) is 0.590. The minimum Gasteiger partial charge on any atom is -0.344 e. The summed E-state index contributed by atoms with van der Waals surface area (Å²) in [5, 5.41) is 1.76. The van der Waals surface area contributed by atoms with Crippen LogP contribution in [0.5, 0.6) is 0 Å². The molecule has 2 N–H and O–H groups in total. The molecule has 13 heteroatoms. The average molecular weight is 504 g/mol. The number of rotatable bonds is 6.